The smallest absolute Gasteiger partial charge is 0.231 e. The van der Waals surface area contributed by atoms with Crippen LogP contribution in [0.4, 0.5) is 5.82 Å². The van der Waals surface area contributed by atoms with Crippen molar-refractivity contribution >= 4 is 23.3 Å². The molecule has 166 valence electrons. The molecule has 2 aromatic rings. The molecule has 1 unspecified atom stereocenters. The molecule has 6 nitrogen and oxygen atoms in total. The van der Waals surface area contributed by atoms with Crippen molar-refractivity contribution in [1.82, 2.24) is 19.8 Å². The fraction of sp³-hybridized carbons (Fsp3) is 0.542. The first kappa shape index (κ1) is 22.0. The van der Waals surface area contributed by atoms with Gasteiger partial charge in [-0.15, -0.1) is 0 Å². The summed E-state index contributed by atoms with van der Waals surface area (Å²) in [6, 6.07) is 7.71. The number of likely N-dealkylation sites (N-methyl/N-ethyl adjacent to an activating group) is 1. The number of anilines is 1. The van der Waals surface area contributed by atoms with Gasteiger partial charge in [0.2, 0.25) is 5.91 Å². The maximum Gasteiger partial charge on any atom is 0.231 e. The normalized spacial score (nSPS) is 19.6. The van der Waals surface area contributed by atoms with Gasteiger partial charge in [0.25, 0.3) is 0 Å². The first-order chi connectivity index (χ1) is 15.0. The van der Waals surface area contributed by atoms with E-state index in [0.29, 0.717) is 30.6 Å². The first-order valence-electron chi connectivity index (χ1n) is 11.3. The van der Waals surface area contributed by atoms with Crippen molar-refractivity contribution in [3.8, 4) is 0 Å². The maximum atomic E-state index is 13.5. The molecular weight excluding hydrogens is 410 g/mol. The summed E-state index contributed by atoms with van der Waals surface area (Å²) in [5.41, 5.74) is 3.53. The summed E-state index contributed by atoms with van der Waals surface area (Å²) in [6.45, 7) is 9.02. The van der Waals surface area contributed by atoms with E-state index in [0.717, 1.165) is 43.9 Å². The number of carbonyl (C=O) groups is 1. The molecule has 0 spiro atoms. The SMILES string of the molecule is CCN(C)CC(C(=O)N1CCN(c2ncnc3c2[C@H](C)CC3)CC1)c1ccc(Cl)cc1. The van der Waals surface area contributed by atoms with Gasteiger partial charge in [0, 0.05) is 49.0 Å². The Labute approximate surface area is 190 Å². The monoisotopic (exact) mass is 441 g/mol. The molecule has 2 atom stereocenters. The molecule has 0 radical (unpaired) electrons. The number of hydrogen-bond acceptors (Lipinski definition) is 5. The minimum Gasteiger partial charge on any atom is -0.353 e. The van der Waals surface area contributed by atoms with Crippen molar-refractivity contribution in [3.63, 3.8) is 0 Å². The van der Waals surface area contributed by atoms with E-state index >= 15 is 0 Å². The van der Waals surface area contributed by atoms with Crippen LogP contribution in [0.1, 0.15) is 48.9 Å². The molecule has 7 heteroatoms. The summed E-state index contributed by atoms with van der Waals surface area (Å²) in [5, 5.41) is 0.694. The number of piperazine rings is 1. The molecule has 1 aromatic carbocycles. The number of halogens is 1. The Hall–Kier alpha value is -2.18. The molecule has 31 heavy (non-hydrogen) atoms. The Morgan fingerprint density at radius 3 is 2.58 bits per heavy atom. The summed E-state index contributed by atoms with van der Waals surface area (Å²) in [7, 11) is 2.06. The predicted octanol–water partition coefficient (Wildman–Crippen LogP) is 3.56. The molecule has 0 saturated carbocycles. The Bertz CT molecular complexity index is 911. The average molecular weight is 442 g/mol. The topological polar surface area (TPSA) is 52.6 Å². The number of aromatic nitrogens is 2. The third-order valence-corrected chi connectivity index (χ3v) is 7.00. The molecule has 1 amide bonds. The number of rotatable bonds is 6. The van der Waals surface area contributed by atoms with Gasteiger partial charge >= 0.3 is 0 Å². The molecule has 2 aliphatic rings. The molecule has 0 N–H and O–H groups in total. The van der Waals surface area contributed by atoms with Gasteiger partial charge in [-0.25, -0.2) is 9.97 Å². The Kier molecular flexibility index (Phi) is 6.77. The van der Waals surface area contributed by atoms with Crippen LogP contribution in [-0.2, 0) is 11.2 Å². The number of amides is 1. The van der Waals surface area contributed by atoms with Crippen LogP contribution >= 0.6 is 11.6 Å². The van der Waals surface area contributed by atoms with Crippen LogP contribution in [0.25, 0.3) is 0 Å². The zero-order valence-corrected chi connectivity index (χ0v) is 19.5. The minimum absolute atomic E-state index is 0.183. The number of carbonyl (C=O) groups excluding carboxylic acids is 1. The van der Waals surface area contributed by atoms with E-state index in [1.54, 1.807) is 6.33 Å². The number of benzene rings is 1. The second kappa shape index (κ2) is 9.53. The van der Waals surface area contributed by atoms with Gasteiger partial charge in [-0.3, -0.25) is 4.79 Å². The fourth-order valence-corrected chi connectivity index (χ4v) is 4.82. The highest BCUT2D eigenvalue weighted by Gasteiger charge is 2.32. The molecular formula is C24H32ClN5O. The lowest BCUT2D eigenvalue weighted by molar-refractivity contribution is -0.133. The van der Waals surface area contributed by atoms with Crippen LogP contribution in [0.2, 0.25) is 5.02 Å². The molecule has 4 rings (SSSR count). The van der Waals surface area contributed by atoms with Crippen LogP contribution in [0.5, 0.6) is 0 Å². The largest absolute Gasteiger partial charge is 0.353 e. The van der Waals surface area contributed by atoms with Crippen molar-refractivity contribution in [2.75, 3.05) is 51.2 Å². The lowest BCUT2D eigenvalue weighted by Gasteiger charge is -2.38. The molecule has 1 aliphatic heterocycles. The number of hydrogen-bond donors (Lipinski definition) is 0. The predicted molar refractivity (Wildman–Crippen MR) is 125 cm³/mol. The van der Waals surface area contributed by atoms with Gasteiger partial charge in [0.05, 0.1) is 5.92 Å². The lowest BCUT2D eigenvalue weighted by Crippen LogP contribution is -2.51. The Balaban J connectivity index is 1.47. The third-order valence-electron chi connectivity index (χ3n) is 6.75. The van der Waals surface area contributed by atoms with E-state index < -0.39 is 0 Å². The van der Waals surface area contributed by atoms with Crippen molar-refractivity contribution in [2.24, 2.45) is 0 Å². The van der Waals surface area contributed by atoms with Crippen molar-refractivity contribution < 1.29 is 4.79 Å². The van der Waals surface area contributed by atoms with Crippen LogP contribution in [0.15, 0.2) is 30.6 Å². The second-order valence-electron chi connectivity index (χ2n) is 8.77. The van der Waals surface area contributed by atoms with Crippen molar-refractivity contribution in [1.29, 1.82) is 0 Å². The van der Waals surface area contributed by atoms with E-state index in [4.69, 9.17) is 11.6 Å². The van der Waals surface area contributed by atoms with Crippen LogP contribution in [-0.4, -0.2) is 72.0 Å². The van der Waals surface area contributed by atoms with Gasteiger partial charge in [0.1, 0.15) is 12.1 Å². The average Bonchev–Trinajstić information content (AvgIpc) is 3.18. The summed E-state index contributed by atoms with van der Waals surface area (Å²) < 4.78 is 0. The van der Waals surface area contributed by atoms with Crippen molar-refractivity contribution in [3.05, 3.63) is 52.4 Å². The zero-order chi connectivity index (χ0) is 22.0. The standard InChI is InChI=1S/C24H32ClN5O/c1-4-28(3)15-20(18-6-8-19(25)9-7-18)24(31)30-13-11-29(12-14-30)23-22-17(2)5-10-21(22)26-16-27-23/h6-9,16-17,20H,4-5,10-15H2,1-3H3/t17-,20?/m1/s1. The van der Waals surface area contributed by atoms with Gasteiger partial charge < -0.3 is 14.7 Å². The van der Waals surface area contributed by atoms with Gasteiger partial charge in [-0.1, -0.05) is 37.6 Å². The van der Waals surface area contributed by atoms with E-state index in [1.165, 1.54) is 11.3 Å². The summed E-state index contributed by atoms with van der Waals surface area (Å²) in [4.78, 5) is 29.2. The number of aryl methyl sites for hydroxylation is 1. The van der Waals surface area contributed by atoms with E-state index in [-0.39, 0.29) is 11.8 Å². The van der Waals surface area contributed by atoms with Gasteiger partial charge in [-0.05, 0) is 50.0 Å². The molecule has 1 aromatic heterocycles. The number of nitrogens with zero attached hydrogens (tertiary/aromatic N) is 5. The van der Waals surface area contributed by atoms with Crippen molar-refractivity contribution in [2.45, 2.75) is 38.5 Å². The van der Waals surface area contributed by atoms with E-state index in [9.17, 15) is 4.79 Å². The quantitative estimate of drug-likeness (QED) is 0.686. The highest BCUT2D eigenvalue weighted by molar-refractivity contribution is 6.30. The van der Waals surface area contributed by atoms with Crippen LogP contribution < -0.4 is 4.90 Å². The highest BCUT2D eigenvalue weighted by atomic mass is 35.5. The maximum absolute atomic E-state index is 13.5. The van der Waals surface area contributed by atoms with Crippen LogP contribution in [0, 0.1) is 0 Å². The molecule has 1 aliphatic carbocycles. The summed E-state index contributed by atoms with van der Waals surface area (Å²) >= 11 is 6.08. The number of fused-ring (bicyclic) bond motifs is 1. The third kappa shape index (κ3) is 4.70. The van der Waals surface area contributed by atoms with Gasteiger partial charge in [0.15, 0.2) is 0 Å². The Morgan fingerprint density at radius 2 is 1.90 bits per heavy atom. The molecule has 1 fully saturated rings. The lowest BCUT2D eigenvalue weighted by atomic mass is 9.96. The second-order valence-corrected chi connectivity index (χ2v) is 9.21. The Morgan fingerprint density at radius 1 is 1.19 bits per heavy atom. The fourth-order valence-electron chi connectivity index (χ4n) is 4.70. The van der Waals surface area contributed by atoms with Crippen LogP contribution in [0.3, 0.4) is 0 Å². The summed E-state index contributed by atoms with van der Waals surface area (Å²) in [5.74, 6) is 1.59. The first-order valence-corrected chi connectivity index (χ1v) is 11.7. The molecule has 0 bridgehead atoms. The minimum atomic E-state index is -0.183. The van der Waals surface area contributed by atoms with E-state index in [1.807, 2.05) is 29.2 Å². The van der Waals surface area contributed by atoms with Gasteiger partial charge in [-0.2, -0.15) is 0 Å². The highest BCUT2D eigenvalue weighted by Crippen LogP contribution is 2.37. The molecule has 2 heterocycles. The van der Waals surface area contributed by atoms with E-state index in [2.05, 4.69) is 40.7 Å². The zero-order valence-electron chi connectivity index (χ0n) is 18.7. The summed E-state index contributed by atoms with van der Waals surface area (Å²) in [6.07, 6.45) is 3.88. The molecule has 1 saturated heterocycles.